The number of rotatable bonds is 4. The van der Waals surface area contributed by atoms with Crippen molar-refractivity contribution < 1.29 is 4.79 Å². The fraction of sp³-hybridized carbons (Fsp3) is 0.462. The molecule has 3 heteroatoms. The first-order valence-corrected chi connectivity index (χ1v) is 5.83. The van der Waals surface area contributed by atoms with Crippen LogP contribution in [0.4, 0.5) is 0 Å². The van der Waals surface area contributed by atoms with E-state index in [9.17, 15) is 4.79 Å². The molecule has 1 unspecified atom stereocenters. The van der Waals surface area contributed by atoms with Crippen LogP contribution in [0.3, 0.4) is 0 Å². The lowest BCUT2D eigenvalue weighted by Gasteiger charge is -2.17. The Bertz CT molecular complexity index is 350. The predicted molar refractivity (Wildman–Crippen MR) is 64.0 cm³/mol. The van der Waals surface area contributed by atoms with Crippen molar-refractivity contribution in [2.75, 3.05) is 6.54 Å². The molecule has 2 N–H and O–H groups in total. The molecule has 3 nitrogen and oxygen atoms in total. The van der Waals surface area contributed by atoms with E-state index < -0.39 is 0 Å². The van der Waals surface area contributed by atoms with Crippen molar-refractivity contribution in [1.29, 1.82) is 0 Å². The van der Waals surface area contributed by atoms with Crippen molar-refractivity contribution in [1.82, 2.24) is 10.6 Å². The minimum atomic E-state index is 0.180. The van der Waals surface area contributed by atoms with Gasteiger partial charge in [0.2, 0.25) is 5.91 Å². The van der Waals surface area contributed by atoms with E-state index >= 15 is 0 Å². The Morgan fingerprint density at radius 3 is 2.81 bits per heavy atom. The Hall–Kier alpha value is -1.35. The van der Waals surface area contributed by atoms with Crippen molar-refractivity contribution in [3.05, 3.63) is 35.9 Å². The summed E-state index contributed by atoms with van der Waals surface area (Å²) in [4.78, 5) is 11.0. The summed E-state index contributed by atoms with van der Waals surface area (Å²) in [6.45, 7) is 2.99. The first kappa shape index (κ1) is 11.1. The van der Waals surface area contributed by atoms with Gasteiger partial charge < -0.3 is 10.6 Å². The van der Waals surface area contributed by atoms with Gasteiger partial charge in [0.25, 0.3) is 0 Å². The second kappa shape index (κ2) is 5.12. The average molecular weight is 218 g/mol. The highest BCUT2D eigenvalue weighted by atomic mass is 16.1. The monoisotopic (exact) mass is 218 g/mol. The van der Waals surface area contributed by atoms with Gasteiger partial charge in [0.05, 0.1) is 0 Å². The smallest absolute Gasteiger partial charge is 0.220 e. The predicted octanol–water partition coefficient (Wildman–Crippen LogP) is 1.62. The zero-order chi connectivity index (χ0) is 11.4. The average Bonchev–Trinajstić information content (AvgIpc) is 2.73. The van der Waals surface area contributed by atoms with Crippen LogP contribution in [0.1, 0.15) is 31.4 Å². The van der Waals surface area contributed by atoms with E-state index in [0.717, 1.165) is 13.0 Å². The van der Waals surface area contributed by atoms with Crippen LogP contribution in [0, 0.1) is 0 Å². The van der Waals surface area contributed by atoms with Crippen LogP contribution in [-0.4, -0.2) is 18.5 Å². The van der Waals surface area contributed by atoms with Gasteiger partial charge in [0.1, 0.15) is 0 Å². The second-order valence-electron chi connectivity index (χ2n) is 4.34. The molecule has 1 aromatic carbocycles. The molecular weight excluding hydrogens is 200 g/mol. The maximum absolute atomic E-state index is 11.0. The summed E-state index contributed by atoms with van der Waals surface area (Å²) < 4.78 is 0. The molecule has 0 bridgehead atoms. The van der Waals surface area contributed by atoms with Gasteiger partial charge in [-0.2, -0.15) is 0 Å². The van der Waals surface area contributed by atoms with Gasteiger partial charge in [-0.1, -0.05) is 30.3 Å². The van der Waals surface area contributed by atoms with Crippen molar-refractivity contribution in [2.24, 2.45) is 0 Å². The first-order chi connectivity index (χ1) is 7.75. The van der Waals surface area contributed by atoms with E-state index in [1.54, 1.807) is 0 Å². The van der Waals surface area contributed by atoms with Crippen LogP contribution in [-0.2, 0) is 4.79 Å². The summed E-state index contributed by atoms with van der Waals surface area (Å²) in [7, 11) is 0. The molecule has 1 aromatic rings. The summed E-state index contributed by atoms with van der Waals surface area (Å²) in [5.41, 5.74) is 1.28. The quantitative estimate of drug-likeness (QED) is 0.806. The number of benzene rings is 1. The van der Waals surface area contributed by atoms with E-state index in [1.807, 2.05) is 18.2 Å². The highest BCUT2D eigenvalue weighted by Gasteiger charge is 2.20. The van der Waals surface area contributed by atoms with E-state index in [4.69, 9.17) is 0 Å². The fourth-order valence-corrected chi connectivity index (χ4v) is 2.01. The lowest BCUT2D eigenvalue weighted by Crippen LogP contribution is -2.36. The Balaban J connectivity index is 1.80. The minimum absolute atomic E-state index is 0.180. The second-order valence-corrected chi connectivity index (χ2v) is 4.34. The largest absolute Gasteiger partial charge is 0.352 e. The van der Waals surface area contributed by atoms with Crippen LogP contribution in [0.2, 0.25) is 0 Å². The summed E-state index contributed by atoms with van der Waals surface area (Å²) in [6.07, 6.45) is 1.62. The molecule has 2 rings (SSSR count). The highest BCUT2D eigenvalue weighted by Crippen LogP contribution is 2.12. The summed E-state index contributed by atoms with van der Waals surface area (Å²) in [5.74, 6) is 0.180. The van der Waals surface area contributed by atoms with Gasteiger partial charge >= 0.3 is 0 Å². The van der Waals surface area contributed by atoms with Crippen LogP contribution >= 0.6 is 0 Å². The van der Waals surface area contributed by atoms with E-state index in [2.05, 4.69) is 29.7 Å². The number of hydrogen-bond acceptors (Lipinski definition) is 2. The number of carbonyl (C=O) groups excluding carboxylic acids is 1. The van der Waals surface area contributed by atoms with Crippen LogP contribution in [0.5, 0.6) is 0 Å². The molecule has 1 heterocycles. The van der Waals surface area contributed by atoms with Gasteiger partial charge in [0.15, 0.2) is 0 Å². The van der Waals surface area contributed by atoms with Crippen molar-refractivity contribution in [2.45, 2.75) is 31.8 Å². The molecule has 0 radical (unpaired) electrons. The zero-order valence-electron chi connectivity index (χ0n) is 9.57. The number of nitrogens with one attached hydrogen (secondary N) is 2. The standard InChI is InChI=1S/C13H18N2O/c1-10(11-5-3-2-4-6-11)14-9-12-7-8-13(16)15-12/h2-6,10,12,14H,7-9H2,1H3,(H,15,16)/t10-,12?/m1/s1. The van der Waals surface area contributed by atoms with Gasteiger partial charge in [-0.3, -0.25) is 4.79 Å². The molecule has 0 aliphatic carbocycles. The highest BCUT2D eigenvalue weighted by molar-refractivity contribution is 5.78. The topological polar surface area (TPSA) is 41.1 Å². The fourth-order valence-electron chi connectivity index (χ4n) is 2.01. The Labute approximate surface area is 96.2 Å². The molecule has 0 saturated carbocycles. The number of carbonyl (C=O) groups is 1. The van der Waals surface area contributed by atoms with Crippen LogP contribution < -0.4 is 10.6 Å². The molecule has 86 valence electrons. The molecule has 1 amide bonds. The Kier molecular flexibility index (Phi) is 3.57. The normalized spacial score (nSPS) is 21.8. The van der Waals surface area contributed by atoms with Crippen molar-refractivity contribution in [3.8, 4) is 0 Å². The van der Waals surface area contributed by atoms with Crippen molar-refractivity contribution >= 4 is 5.91 Å². The maximum Gasteiger partial charge on any atom is 0.220 e. The molecule has 1 fully saturated rings. The molecule has 1 saturated heterocycles. The summed E-state index contributed by atoms with van der Waals surface area (Å²) >= 11 is 0. The van der Waals surface area contributed by atoms with E-state index in [-0.39, 0.29) is 5.91 Å². The lowest BCUT2D eigenvalue weighted by molar-refractivity contribution is -0.119. The Morgan fingerprint density at radius 2 is 2.19 bits per heavy atom. The lowest BCUT2D eigenvalue weighted by atomic mass is 10.1. The number of amides is 1. The molecule has 16 heavy (non-hydrogen) atoms. The molecule has 0 spiro atoms. The van der Waals surface area contributed by atoms with Gasteiger partial charge in [-0.15, -0.1) is 0 Å². The SMILES string of the molecule is C[C@@H](NCC1CCC(=O)N1)c1ccccc1. The number of hydrogen-bond donors (Lipinski definition) is 2. The third kappa shape index (κ3) is 2.83. The molecular formula is C13H18N2O. The first-order valence-electron chi connectivity index (χ1n) is 5.83. The van der Waals surface area contributed by atoms with Gasteiger partial charge in [0, 0.05) is 25.0 Å². The van der Waals surface area contributed by atoms with E-state index in [1.165, 1.54) is 5.56 Å². The maximum atomic E-state index is 11.0. The summed E-state index contributed by atoms with van der Waals surface area (Å²) in [6, 6.07) is 11.0. The van der Waals surface area contributed by atoms with E-state index in [0.29, 0.717) is 18.5 Å². The van der Waals surface area contributed by atoms with Gasteiger partial charge in [-0.25, -0.2) is 0 Å². The minimum Gasteiger partial charge on any atom is -0.352 e. The zero-order valence-corrected chi connectivity index (χ0v) is 9.57. The molecule has 1 aliphatic heterocycles. The molecule has 0 aromatic heterocycles. The van der Waals surface area contributed by atoms with Crippen molar-refractivity contribution in [3.63, 3.8) is 0 Å². The summed E-state index contributed by atoms with van der Waals surface area (Å²) in [5, 5.41) is 6.41. The third-order valence-corrected chi connectivity index (χ3v) is 3.05. The third-order valence-electron chi connectivity index (χ3n) is 3.05. The van der Waals surface area contributed by atoms with Crippen LogP contribution in [0.25, 0.3) is 0 Å². The molecule has 2 atom stereocenters. The van der Waals surface area contributed by atoms with Gasteiger partial charge in [-0.05, 0) is 18.9 Å². The van der Waals surface area contributed by atoms with Crippen LogP contribution in [0.15, 0.2) is 30.3 Å². The molecule has 1 aliphatic rings. The Morgan fingerprint density at radius 1 is 1.44 bits per heavy atom.